The van der Waals surface area contributed by atoms with Crippen molar-refractivity contribution >= 4 is 28.5 Å². The number of carbonyl (C=O) groups is 1. The average molecular weight is 395 g/mol. The van der Waals surface area contributed by atoms with Crippen molar-refractivity contribution in [3.05, 3.63) is 60.2 Å². The molecule has 2 aromatic rings. The van der Waals surface area contributed by atoms with Gasteiger partial charge in [-0.15, -0.1) is 0 Å². The molecule has 0 fully saturated rings. The maximum atomic E-state index is 12.0. The molecule has 1 N–H and O–H groups in total. The van der Waals surface area contributed by atoms with Gasteiger partial charge in [0.1, 0.15) is 0 Å². The Hall–Kier alpha value is -1.40. The summed E-state index contributed by atoms with van der Waals surface area (Å²) in [7, 11) is 0. The second kappa shape index (κ2) is 8.79. The van der Waals surface area contributed by atoms with Gasteiger partial charge < -0.3 is 10.1 Å². The third kappa shape index (κ3) is 5.13. The van der Waals surface area contributed by atoms with Crippen LogP contribution in [0.25, 0.3) is 11.1 Å². The Kier molecular flexibility index (Phi) is 6.69. The van der Waals surface area contributed by atoms with E-state index in [0.29, 0.717) is 18.7 Å². The number of rotatable bonds is 7. The van der Waals surface area contributed by atoms with E-state index in [1.807, 2.05) is 42.5 Å². The third-order valence-corrected chi connectivity index (χ3v) is 3.45. The Bertz CT molecular complexity index is 555. The minimum absolute atomic E-state index is 0.0623. The number of hydrogen-bond donors (Lipinski definition) is 1. The standard InChI is InChI=1S/C17H18INO2/c18-10-12-21-13-11-19-17(20)16-8-6-15(7-9-16)14-4-2-1-3-5-14/h1-9H,10-13H2,(H,19,20). The van der Waals surface area contributed by atoms with Crippen LogP contribution in [0.5, 0.6) is 0 Å². The molecule has 21 heavy (non-hydrogen) atoms. The molecular formula is C17H18INO2. The van der Waals surface area contributed by atoms with Gasteiger partial charge >= 0.3 is 0 Å². The summed E-state index contributed by atoms with van der Waals surface area (Å²) in [5.41, 5.74) is 2.93. The molecule has 0 saturated carbocycles. The van der Waals surface area contributed by atoms with Crippen LogP contribution in [0.15, 0.2) is 54.6 Å². The first-order chi connectivity index (χ1) is 10.3. The van der Waals surface area contributed by atoms with Crippen molar-refractivity contribution in [2.45, 2.75) is 0 Å². The van der Waals surface area contributed by atoms with Crippen molar-refractivity contribution in [2.75, 3.05) is 24.2 Å². The quantitative estimate of drug-likeness (QED) is 0.443. The van der Waals surface area contributed by atoms with Gasteiger partial charge in [-0.2, -0.15) is 0 Å². The predicted molar refractivity (Wildman–Crippen MR) is 93.9 cm³/mol. The van der Waals surface area contributed by atoms with E-state index in [1.165, 1.54) is 0 Å². The molecule has 0 spiro atoms. The fourth-order valence-electron chi connectivity index (χ4n) is 1.94. The van der Waals surface area contributed by atoms with Gasteiger partial charge in [0.15, 0.2) is 0 Å². The summed E-state index contributed by atoms with van der Waals surface area (Å²) in [5, 5.41) is 2.85. The average Bonchev–Trinajstić information content (AvgIpc) is 2.55. The van der Waals surface area contributed by atoms with Crippen LogP contribution >= 0.6 is 22.6 Å². The van der Waals surface area contributed by atoms with Crippen molar-refractivity contribution in [3.8, 4) is 11.1 Å². The van der Waals surface area contributed by atoms with Gasteiger partial charge in [0.2, 0.25) is 0 Å². The van der Waals surface area contributed by atoms with Gasteiger partial charge in [-0.1, -0.05) is 65.1 Å². The van der Waals surface area contributed by atoms with Crippen LogP contribution in [-0.2, 0) is 4.74 Å². The number of halogens is 1. The zero-order valence-electron chi connectivity index (χ0n) is 11.7. The van der Waals surface area contributed by atoms with Gasteiger partial charge in [0, 0.05) is 16.5 Å². The van der Waals surface area contributed by atoms with Crippen molar-refractivity contribution in [2.24, 2.45) is 0 Å². The molecule has 0 aliphatic carbocycles. The molecule has 110 valence electrons. The Morgan fingerprint density at radius 3 is 2.29 bits per heavy atom. The van der Waals surface area contributed by atoms with Crippen LogP contribution in [0.1, 0.15) is 10.4 Å². The molecule has 1 amide bonds. The molecule has 0 aromatic heterocycles. The fraction of sp³-hybridized carbons (Fsp3) is 0.235. The molecule has 0 bridgehead atoms. The Morgan fingerprint density at radius 2 is 1.62 bits per heavy atom. The molecule has 0 heterocycles. The maximum absolute atomic E-state index is 12.0. The lowest BCUT2D eigenvalue weighted by Crippen LogP contribution is -2.27. The largest absolute Gasteiger partial charge is 0.379 e. The zero-order valence-corrected chi connectivity index (χ0v) is 13.9. The van der Waals surface area contributed by atoms with E-state index < -0.39 is 0 Å². The molecule has 0 atom stereocenters. The van der Waals surface area contributed by atoms with Crippen molar-refractivity contribution in [3.63, 3.8) is 0 Å². The van der Waals surface area contributed by atoms with Crippen LogP contribution in [0.3, 0.4) is 0 Å². The number of carbonyl (C=O) groups excluding carboxylic acids is 1. The van der Waals surface area contributed by atoms with E-state index in [9.17, 15) is 4.79 Å². The summed E-state index contributed by atoms with van der Waals surface area (Å²) >= 11 is 2.26. The topological polar surface area (TPSA) is 38.3 Å². The van der Waals surface area contributed by atoms with Crippen LogP contribution in [0.2, 0.25) is 0 Å². The smallest absolute Gasteiger partial charge is 0.251 e. The molecule has 2 aromatic carbocycles. The molecule has 0 radical (unpaired) electrons. The van der Waals surface area contributed by atoms with Crippen LogP contribution in [-0.4, -0.2) is 30.1 Å². The highest BCUT2D eigenvalue weighted by Gasteiger charge is 2.05. The lowest BCUT2D eigenvalue weighted by Gasteiger charge is -2.07. The summed E-state index contributed by atoms with van der Waals surface area (Å²) in [6.45, 7) is 1.81. The number of ether oxygens (including phenoxy) is 1. The van der Waals surface area contributed by atoms with Crippen LogP contribution in [0.4, 0.5) is 0 Å². The minimum Gasteiger partial charge on any atom is -0.379 e. The molecule has 0 unspecified atom stereocenters. The molecule has 0 aliphatic heterocycles. The summed E-state index contributed by atoms with van der Waals surface area (Å²) in [6, 6.07) is 17.8. The van der Waals surface area contributed by atoms with E-state index in [1.54, 1.807) is 0 Å². The molecule has 0 saturated heterocycles. The van der Waals surface area contributed by atoms with Crippen LogP contribution < -0.4 is 5.32 Å². The molecule has 3 nitrogen and oxygen atoms in total. The van der Waals surface area contributed by atoms with Crippen molar-refractivity contribution in [1.82, 2.24) is 5.32 Å². The number of hydrogen-bond acceptors (Lipinski definition) is 2. The summed E-state index contributed by atoms with van der Waals surface area (Å²) in [5.74, 6) is -0.0623. The summed E-state index contributed by atoms with van der Waals surface area (Å²) in [4.78, 5) is 12.0. The highest BCUT2D eigenvalue weighted by Crippen LogP contribution is 2.19. The van der Waals surface area contributed by atoms with Crippen molar-refractivity contribution < 1.29 is 9.53 Å². The van der Waals surface area contributed by atoms with Gasteiger partial charge in [0.05, 0.1) is 13.2 Å². The summed E-state index contributed by atoms with van der Waals surface area (Å²) < 4.78 is 6.29. The van der Waals surface area contributed by atoms with Gasteiger partial charge in [0.25, 0.3) is 5.91 Å². The van der Waals surface area contributed by atoms with Crippen molar-refractivity contribution in [1.29, 1.82) is 0 Å². The molecule has 4 heteroatoms. The third-order valence-electron chi connectivity index (χ3n) is 3.01. The highest BCUT2D eigenvalue weighted by atomic mass is 127. The fourth-order valence-corrected chi connectivity index (χ4v) is 2.25. The lowest BCUT2D eigenvalue weighted by atomic mass is 10.0. The first-order valence-corrected chi connectivity index (χ1v) is 8.41. The second-order valence-electron chi connectivity index (χ2n) is 4.50. The maximum Gasteiger partial charge on any atom is 0.251 e. The molecule has 2 rings (SSSR count). The number of benzene rings is 2. The SMILES string of the molecule is O=C(NCCOCCI)c1ccc(-c2ccccc2)cc1. The number of amides is 1. The minimum atomic E-state index is -0.0623. The predicted octanol–water partition coefficient (Wildman–Crippen LogP) is 3.54. The second-order valence-corrected chi connectivity index (χ2v) is 5.58. The number of alkyl halides is 1. The Labute approximate surface area is 138 Å². The van der Waals surface area contributed by atoms with E-state index in [-0.39, 0.29) is 5.91 Å². The van der Waals surface area contributed by atoms with E-state index in [4.69, 9.17) is 4.74 Å². The Morgan fingerprint density at radius 1 is 0.952 bits per heavy atom. The van der Waals surface area contributed by atoms with Gasteiger partial charge in [-0.3, -0.25) is 4.79 Å². The lowest BCUT2D eigenvalue weighted by molar-refractivity contribution is 0.0924. The van der Waals surface area contributed by atoms with Crippen LogP contribution in [0, 0.1) is 0 Å². The monoisotopic (exact) mass is 395 g/mol. The van der Waals surface area contributed by atoms with E-state index >= 15 is 0 Å². The van der Waals surface area contributed by atoms with Gasteiger partial charge in [-0.25, -0.2) is 0 Å². The normalized spacial score (nSPS) is 10.3. The highest BCUT2D eigenvalue weighted by molar-refractivity contribution is 14.1. The first-order valence-electron chi connectivity index (χ1n) is 6.88. The van der Waals surface area contributed by atoms with E-state index in [0.717, 1.165) is 22.2 Å². The zero-order chi connectivity index (χ0) is 14.9. The summed E-state index contributed by atoms with van der Waals surface area (Å²) in [6.07, 6.45) is 0. The number of nitrogens with one attached hydrogen (secondary N) is 1. The van der Waals surface area contributed by atoms with Gasteiger partial charge in [-0.05, 0) is 23.3 Å². The van der Waals surface area contributed by atoms with E-state index in [2.05, 4.69) is 40.0 Å². The first kappa shape index (κ1) is 16.0. The Balaban J connectivity index is 1.88. The molecule has 0 aliphatic rings. The molecular weight excluding hydrogens is 377 g/mol.